The number of carbonyl (C=O) groups is 1. The third-order valence-electron chi connectivity index (χ3n) is 0.883. The summed E-state index contributed by atoms with van der Waals surface area (Å²) in [6.07, 6.45) is 1.52. The van der Waals surface area contributed by atoms with E-state index in [2.05, 4.69) is 11.8 Å². The van der Waals surface area contributed by atoms with Crippen molar-refractivity contribution in [2.75, 3.05) is 0 Å². The molecule has 2 heteroatoms. The molecule has 0 spiro atoms. The van der Waals surface area contributed by atoms with Gasteiger partial charge in [0.25, 0.3) is 0 Å². The van der Waals surface area contributed by atoms with Crippen LogP contribution < -0.4 is 0 Å². The van der Waals surface area contributed by atoms with Gasteiger partial charge in [-0.15, -0.1) is 0 Å². The van der Waals surface area contributed by atoms with E-state index in [1.54, 1.807) is 12.1 Å². The molecular weight excluding hydrogens is 128 g/mol. The largest absolute Gasteiger partial charge is 0.456 e. The van der Waals surface area contributed by atoms with Gasteiger partial charge in [-0.05, 0) is 24.0 Å². The lowest BCUT2D eigenvalue weighted by Crippen LogP contribution is -1.79. The average molecular weight is 134 g/mol. The summed E-state index contributed by atoms with van der Waals surface area (Å²) in [5.41, 5.74) is 0. The Morgan fingerprint density at radius 1 is 1.70 bits per heavy atom. The summed E-state index contributed by atoms with van der Waals surface area (Å²) in [6.45, 7) is 1.41. The van der Waals surface area contributed by atoms with Gasteiger partial charge in [-0.2, -0.15) is 0 Å². The van der Waals surface area contributed by atoms with Crippen LogP contribution in [-0.2, 0) is 4.79 Å². The lowest BCUT2D eigenvalue weighted by Gasteiger charge is -1.73. The molecule has 0 aliphatic heterocycles. The van der Waals surface area contributed by atoms with Gasteiger partial charge in [-0.3, -0.25) is 4.79 Å². The summed E-state index contributed by atoms with van der Waals surface area (Å²) in [4.78, 5) is 10.3. The van der Waals surface area contributed by atoms with E-state index in [0.717, 1.165) is 0 Å². The molecule has 0 aliphatic rings. The maximum absolute atomic E-state index is 10.3. The highest BCUT2D eigenvalue weighted by Crippen LogP contribution is 1.95. The highest BCUT2D eigenvalue weighted by Gasteiger charge is 1.85. The van der Waals surface area contributed by atoms with Crippen LogP contribution in [-0.4, -0.2) is 5.78 Å². The van der Waals surface area contributed by atoms with Crippen LogP contribution in [0.15, 0.2) is 22.8 Å². The van der Waals surface area contributed by atoms with Crippen molar-refractivity contribution in [1.82, 2.24) is 0 Å². The van der Waals surface area contributed by atoms with Crippen molar-refractivity contribution in [3.8, 4) is 11.8 Å². The number of rotatable bonds is 0. The summed E-state index contributed by atoms with van der Waals surface area (Å²) in [7, 11) is 0. The van der Waals surface area contributed by atoms with Crippen molar-refractivity contribution < 1.29 is 9.21 Å². The van der Waals surface area contributed by atoms with E-state index >= 15 is 0 Å². The van der Waals surface area contributed by atoms with E-state index in [1.165, 1.54) is 13.2 Å². The van der Waals surface area contributed by atoms with Crippen LogP contribution >= 0.6 is 0 Å². The number of Topliss-reactive ketones (excluding diaryl/α,β-unsaturated/α-hetero) is 1. The molecule has 50 valence electrons. The van der Waals surface area contributed by atoms with Crippen molar-refractivity contribution in [3.05, 3.63) is 24.2 Å². The second kappa shape index (κ2) is 2.88. The normalized spacial score (nSPS) is 8.10. The molecule has 0 N–H and O–H groups in total. The van der Waals surface area contributed by atoms with Gasteiger partial charge in [-0.1, -0.05) is 0 Å². The first-order valence-electron chi connectivity index (χ1n) is 2.85. The summed E-state index contributed by atoms with van der Waals surface area (Å²) >= 11 is 0. The third kappa shape index (κ3) is 1.79. The Morgan fingerprint density at radius 2 is 2.50 bits per heavy atom. The summed E-state index contributed by atoms with van der Waals surface area (Å²) in [5.74, 6) is 5.29. The van der Waals surface area contributed by atoms with E-state index in [9.17, 15) is 4.79 Å². The molecule has 1 rings (SSSR count). The molecule has 0 atom stereocenters. The second-order valence-electron chi connectivity index (χ2n) is 1.78. The minimum Gasteiger partial charge on any atom is -0.456 e. The first kappa shape index (κ1) is 6.63. The summed E-state index contributed by atoms with van der Waals surface area (Å²) < 4.78 is 4.86. The topological polar surface area (TPSA) is 30.2 Å². The van der Waals surface area contributed by atoms with Crippen LogP contribution in [0.2, 0.25) is 0 Å². The Bertz CT molecular complexity index is 272. The number of carbonyl (C=O) groups excluding carboxylic acids is 1. The number of hydrogen-bond donors (Lipinski definition) is 0. The number of ketones is 1. The lowest BCUT2D eigenvalue weighted by molar-refractivity contribution is -0.111. The maximum atomic E-state index is 10.3. The maximum Gasteiger partial charge on any atom is 0.202 e. The van der Waals surface area contributed by atoms with Gasteiger partial charge >= 0.3 is 0 Å². The molecule has 0 aromatic carbocycles. The lowest BCUT2D eigenvalue weighted by atomic mass is 10.4. The van der Waals surface area contributed by atoms with Gasteiger partial charge in [0.05, 0.1) is 6.26 Å². The highest BCUT2D eigenvalue weighted by atomic mass is 16.3. The van der Waals surface area contributed by atoms with E-state index < -0.39 is 0 Å². The molecule has 10 heavy (non-hydrogen) atoms. The monoisotopic (exact) mass is 134 g/mol. The van der Waals surface area contributed by atoms with Crippen molar-refractivity contribution in [3.63, 3.8) is 0 Å². The van der Waals surface area contributed by atoms with Gasteiger partial charge in [0.15, 0.2) is 5.76 Å². The fourth-order valence-corrected chi connectivity index (χ4v) is 0.499. The van der Waals surface area contributed by atoms with Crippen LogP contribution in [0.5, 0.6) is 0 Å². The highest BCUT2D eigenvalue weighted by molar-refractivity contribution is 5.93. The zero-order chi connectivity index (χ0) is 7.40. The molecule has 0 radical (unpaired) electrons. The zero-order valence-electron chi connectivity index (χ0n) is 5.55. The van der Waals surface area contributed by atoms with Gasteiger partial charge in [0.1, 0.15) is 0 Å². The summed E-state index contributed by atoms with van der Waals surface area (Å²) in [6, 6.07) is 3.43. The van der Waals surface area contributed by atoms with Gasteiger partial charge in [0.2, 0.25) is 5.78 Å². The van der Waals surface area contributed by atoms with Crippen molar-refractivity contribution in [1.29, 1.82) is 0 Å². The number of furan rings is 1. The Kier molecular flexibility index (Phi) is 1.91. The standard InChI is InChI=1S/C8H6O2/c1-7(9)4-5-8-3-2-6-10-8/h2-3,6H,1H3. The van der Waals surface area contributed by atoms with Crippen LogP contribution in [0, 0.1) is 11.8 Å². The Hall–Kier alpha value is -1.49. The Morgan fingerprint density at radius 3 is 3.00 bits per heavy atom. The van der Waals surface area contributed by atoms with E-state index in [4.69, 9.17) is 4.42 Å². The van der Waals surface area contributed by atoms with E-state index in [-0.39, 0.29) is 5.78 Å². The number of hydrogen-bond acceptors (Lipinski definition) is 2. The SMILES string of the molecule is CC(=O)C#Cc1ccco1. The van der Waals surface area contributed by atoms with E-state index in [0.29, 0.717) is 5.76 Å². The first-order chi connectivity index (χ1) is 4.79. The van der Waals surface area contributed by atoms with Gasteiger partial charge < -0.3 is 4.42 Å². The molecule has 2 nitrogen and oxygen atoms in total. The molecule has 0 fully saturated rings. The van der Waals surface area contributed by atoms with Crippen molar-refractivity contribution in [2.24, 2.45) is 0 Å². The fraction of sp³-hybridized carbons (Fsp3) is 0.125. The Labute approximate surface area is 58.8 Å². The predicted molar refractivity (Wildman–Crippen MR) is 36.3 cm³/mol. The molecule has 0 saturated carbocycles. The van der Waals surface area contributed by atoms with Crippen LogP contribution in [0.1, 0.15) is 12.7 Å². The quantitative estimate of drug-likeness (QED) is 0.499. The Balaban J connectivity index is 2.75. The van der Waals surface area contributed by atoms with Gasteiger partial charge in [0, 0.05) is 6.92 Å². The molecule has 1 heterocycles. The van der Waals surface area contributed by atoms with Crippen molar-refractivity contribution >= 4 is 5.78 Å². The molecule has 0 unspecified atom stereocenters. The second-order valence-corrected chi connectivity index (χ2v) is 1.78. The molecule has 1 aromatic heterocycles. The molecule has 0 saturated heterocycles. The predicted octanol–water partition coefficient (Wildman–Crippen LogP) is 1.22. The molecule has 0 aliphatic carbocycles. The molecule has 1 aromatic rings. The van der Waals surface area contributed by atoms with Gasteiger partial charge in [-0.25, -0.2) is 0 Å². The molecule has 0 bridgehead atoms. The summed E-state index contributed by atoms with van der Waals surface area (Å²) in [5, 5.41) is 0. The zero-order valence-corrected chi connectivity index (χ0v) is 5.55. The van der Waals surface area contributed by atoms with Crippen LogP contribution in [0.25, 0.3) is 0 Å². The van der Waals surface area contributed by atoms with E-state index in [1.807, 2.05) is 0 Å². The van der Waals surface area contributed by atoms with Crippen LogP contribution in [0.3, 0.4) is 0 Å². The first-order valence-corrected chi connectivity index (χ1v) is 2.85. The average Bonchev–Trinajstić information content (AvgIpc) is 2.34. The van der Waals surface area contributed by atoms with Crippen molar-refractivity contribution in [2.45, 2.75) is 6.92 Å². The van der Waals surface area contributed by atoms with Crippen LogP contribution in [0.4, 0.5) is 0 Å². The molecular formula is C8H6O2. The minimum atomic E-state index is -0.156. The smallest absolute Gasteiger partial charge is 0.202 e. The fourth-order valence-electron chi connectivity index (χ4n) is 0.499. The minimum absolute atomic E-state index is 0.156. The molecule has 0 amide bonds. The third-order valence-corrected chi connectivity index (χ3v) is 0.883.